The van der Waals surface area contributed by atoms with Crippen LogP contribution in [0.5, 0.6) is 5.75 Å². The first-order valence-electron chi connectivity index (χ1n) is 8.42. The van der Waals surface area contributed by atoms with E-state index in [0.29, 0.717) is 28.4 Å². The van der Waals surface area contributed by atoms with Gasteiger partial charge in [-0.05, 0) is 69.7 Å². The molecule has 0 saturated heterocycles. The predicted molar refractivity (Wildman–Crippen MR) is 103 cm³/mol. The van der Waals surface area contributed by atoms with Gasteiger partial charge >= 0.3 is 6.09 Å². The second kappa shape index (κ2) is 7.00. The number of halogens is 1. The minimum Gasteiger partial charge on any atom is -0.494 e. The lowest BCUT2D eigenvalue weighted by Crippen LogP contribution is -2.27. The van der Waals surface area contributed by atoms with Crippen LogP contribution < -0.4 is 4.74 Å². The Bertz CT molecular complexity index is 940. The second-order valence-electron chi connectivity index (χ2n) is 6.83. The van der Waals surface area contributed by atoms with Gasteiger partial charge in [0, 0.05) is 11.6 Å². The summed E-state index contributed by atoms with van der Waals surface area (Å²) in [4.78, 5) is 17.2. The molecule has 0 aliphatic rings. The maximum atomic E-state index is 12.8. The third-order valence-electron chi connectivity index (χ3n) is 3.69. The molecule has 0 radical (unpaired) electrons. The molecule has 0 aliphatic carbocycles. The van der Waals surface area contributed by atoms with Crippen molar-refractivity contribution in [3.8, 4) is 17.0 Å². The van der Waals surface area contributed by atoms with Crippen LogP contribution in [0.3, 0.4) is 0 Å². The maximum absolute atomic E-state index is 12.8. The van der Waals surface area contributed by atoms with E-state index in [1.807, 2.05) is 58.0 Å². The summed E-state index contributed by atoms with van der Waals surface area (Å²) in [5, 5.41) is 1.23. The highest BCUT2D eigenvalue weighted by molar-refractivity contribution is 6.35. The molecule has 0 amide bonds. The number of pyridine rings is 1. The van der Waals surface area contributed by atoms with Gasteiger partial charge < -0.3 is 9.47 Å². The van der Waals surface area contributed by atoms with Crippen molar-refractivity contribution in [2.75, 3.05) is 6.61 Å². The quantitative estimate of drug-likeness (QED) is 0.605. The Balaban J connectivity index is 2.16. The smallest absolute Gasteiger partial charge is 0.420 e. The van der Waals surface area contributed by atoms with Crippen LogP contribution in [0, 0.1) is 0 Å². The van der Waals surface area contributed by atoms with E-state index in [2.05, 4.69) is 4.98 Å². The molecule has 1 aromatic carbocycles. The molecule has 0 unspecified atom stereocenters. The summed E-state index contributed by atoms with van der Waals surface area (Å²) >= 11 is 6.31. The molecule has 0 saturated carbocycles. The Hall–Kier alpha value is -2.53. The van der Waals surface area contributed by atoms with Gasteiger partial charge in [-0.25, -0.2) is 14.3 Å². The SMILES string of the molecule is CCOc1ccc(-c2cc3c(Cl)ccnc3n2C(=O)OC(C)(C)C)cc1. The van der Waals surface area contributed by atoms with Crippen LogP contribution in [0.2, 0.25) is 5.02 Å². The van der Waals surface area contributed by atoms with E-state index < -0.39 is 11.7 Å². The van der Waals surface area contributed by atoms with Gasteiger partial charge in [0.15, 0.2) is 5.65 Å². The minimum atomic E-state index is -0.623. The Morgan fingerprint density at radius 3 is 2.50 bits per heavy atom. The van der Waals surface area contributed by atoms with Crippen molar-refractivity contribution in [2.24, 2.45) is 0 Å². The fourth-order valence-electron chi connectivity index (χ4n) is 2.66. The van der Waals surface area contributed by atoms with Crippen LogP contribution in [0.15, 0.2) is 42.6 Å². The van der Waals surface area contributed by atoms with Crippen LogP contribution >= 0.6 is 11.6 Å². The van der Waals surface area contributed by atoms with E-state index in [0.717, 1.165) is 11.3 Å². The number of ether oxygens (including phenoxy) is 2. The van der Waals surface area contributed by atoms with Crippen molar-refractivity contribution in [2.45, 2.75) is 33.3 Å². The molecule has 3 rings (SSSR count). The Morgan fingerprint density at radius 1 is 1.19 bits per heavy atom. The van der Waals surface area contributed by atoms with Crippen molar-refractivity contribution in [3.05, 3.63) is 47.6 Å². The standard InChI is InChI=1S/C20H21ClN2O3/c1-5-25-14-8-6-13(7-9-14)17-12-15-16(21)10-11-22-18(15)23(17)19(24)26-20(2,3)4/h6-12H,5H2,1-4H3. The zero-order valence-corrected chi connectivity index (χ0v) is 16.0. The number of hydrogen-bond acceptors (Lipinski definition) is 4. The number of fused-ring (bicyclic) bond motifs is 1. The lowest BCUT2D eigenvalue weighted by atomic mass is 10.1. The molecular weight excluding hydrogens is 352 g/mol. The number of benzene rings is 1. The highest BCUT2D eigenvalue weighted by atomic mass is 35.5. The summed E-state index contributed by atoms with van der Waals surface area (Å²) in [6.07, 6.45) is 1.08. The summed E-state index contributed by atoms with van der Waals surface area (Å²) in [5.41, 5.74) is 1.35. The maximum Gasteiger partial charge on any atom is 0.420 e. The molecule has 2 aromatic heterocycles. The Morgan fingerprint density at radius 2 is 1.88 bits per heavy atom. The van der Waals surface area contributed by atoms with E-state index in [1.165, 1.54) is 4.57 Å². The Kier molecular flexibility index (Phi) is 4.92. The van der Waals surface area contributed by atoms with Crippen molar-refractivity contribution in [1.82, 2.24) is 9.55 Å². The average molecular weight is 373 g/mol. The molecule has 0 aliphatic heterocycles. The number of nitrogens with zero attached hydrogens (tertiary/aromatic N) is 2. The molecular formula is C20H21ClN2O3. The zero-order valence-electron chi connectivity index (χ0n) is 15.2. The number of carbonyl (C=O) groups excluding carboxylic acids is 1. The van der Waals surface area contributed by atoms with Crippen molar-refractivity contribution in [1.29, 1.82) is 0 Å². The molecule has 136 valence electrons. The summed E-state index contributed by atoms with van der Waals surface area (Å²) in [6, 6.07) is 11.1. The number of rotatable bonds is 3. The molecule has 3 aromatic rings. The summed E-state index contributed by atoms with van der Waals surface area (Å²) in [5.74, 6) is 0.771. The van der Waals surface area contributed by atoms with Crippen molar-refractivity contribution < 1.29 is 14.3 Å². The van der Waals surface area contributed by atoms with Crippen LogP contribution in [0.25, 0.3) is 22.3 Å². The first-order chi connectivity index (χ1) is 12.3. The summed E-state index contributed by atoms with van der Waals surface area (Å²) < 4.78 is 12.5. The molecule has 6 heteroatoms. The van der Waals surface area contributed by atoms with E-state index >= 15 is 0 Å². The largest absolute Gasteiger partial charge is 0.494 e. The molecule has 0 fully saturated rings. The second-order valence-corrected chi connectivity index (χ2v) is 7.24. The number of hydrogen-bond donors (Lipinski definition) is 0. The fraction of sp³-hybridized carbons (Fsp3) is 0.300. The molecule has 5 nitrogen and oxygen atoms in total. The normalized spacial score (nSPS) is 11.6. The summed E-state index contributed by atoms with van der Waals surface area (Å²) in [6.45, 7) is 8.01. The molecule has 0 atom stereocenters. The third-order valence-corrected chi connectivity index (χ3v) is 4.02. The molecule has 0 spiro atoms. The van der Waals surface area contributed by atoms with Crippen molar-refractivity contribution >= 4 is 28.7 Å². The van der Waals surface area contributed by atoms with Gasteiger partial charge in [-0.1, -0.05) is 11.6 Å². The monoisotopic (exact) mass is 372 g/mol. The lowest BCUT2D eigenvalue weighted by Gasteiger charge is -2.20. The van der Waals surface area contributed by atoms with Gasteiger partial charge in [0.2, 0.25) is 0 Å². The third kappa shape index (κ3) is 3.68. The summed E-state index contributed by atoms with van der Waals surface area (Å²) in [7, 11) is 0. The van der Waals surface area contributed by atoms with Gasteiger partial charge in [0.05, 0.1) is 17.3 Å². The molecule has 0 bridgehead atoms. The van der Waals surface area contributed by atoms with Crippen molar-refractivity contribution in [3.63, 3.8) is 0 Å². The van der Waals surface area contributed by atoms with Gasteiger partial charge in [-0.3, -0.25) is 0 Å². The van der Waals surface area contributed by atoms with Gasteiger partial charge in [-0.15, -0.1) is 0 Å². The van der Waals surface area contributed by atoms with Gasteiger partial charge in [0.1, 0.15) is 11.4 Å². The number of aromatic nitrogens is 2. The highest BCUT2D eigenvalue weighted by Gasteiger charge is 2.24. The van der Waals surface area contributed by atoms with Gasteiger partial charge in [0.25, 0.3) is 0 Å². The van der Waals surface area contributed by atoms with Crippen LogP contribution in [-0.2, 0) is 4.74 Å². The van der Waals surface area contributed by atoms with Crippen LogP contribution in [-0.4, -0.2) is 27.9 Å². The van der Waals surface area contributed by atoms with Crippen LogP contribution in [0.4, 0.5) is 4.79 Å². The van der Waals surface area contributed by atoms with E-state index in [1.54, 1.807) is 12.3 Å². The van der Waals surface area contributed by atoms with Crippen LogP contribution in [0.1, 0.15) is 27.7 Å². The first-order valence-corrected chi connectivity index (χ1v) is 8.80. The van der Waals surface area contributed by atoms with E-state index in [4.69, 9.17) is 21.1 Å². The predicted octanol–water partition coefficient (Wildman–Crippen LogP) is 5.54. The zero-order chi connectivity index (χ0) is 18.9. The van der Waals surface area contributed by atoms with Gasteiger partial charge in [-0.2, -0.15) is 0 Å². The topological polar surface area (TPSA) is 53.4 Å². The molecule has 26 heavy (non-hydrogen) atoms. The fourth-order valence-corrected chi connectivity index (χ4v) is 2.86. The minimum absolute atomic E-state index is 0.468. The molecule has 0 N–H and O–H groups in total. The van der Waals surface area contributed by atoms with E-state index in [-0.39, 0.29) is 0 Å². The highest BCUT2D eigenvalue weighted by Crippen LogP contribution is 2.32. The lowest BCUT2D eigenvalue weighted by molar-refractivity contribution is 0.0546. The average Bonchev–Trinajstić information content (AvgIpc) is 2.95. The van der Waals surface area contributed by atoms with E-state index in [9.17, 15) is 4.79 Å². The molecule has 2 heterocycles. The Labute approximate surface area is 157 Å². The first kappa shape index (κ1) is 18.3. The number of carbonyl (C=O) groups is 1.